The zero-order valence-electron chi connectivity index (χ0n) is 16.0. The second-order valence-electron chi connectivity index (χ2n) is 7.83. The van der Waals surface area contributed by atoms with Gasteiger partial charge in [-0.2, -0.15) is 0 Å². The Morgan fingerprint density at radius 3 is 2.73 bits per heavy atom. The summed E-state index contributed by atoms with van der Waals surface area (Å²) >= 11 is 0. The van der Waals surface area contributed by atoms with Crippen molar-refractivity contribution in [2.24, 2.45) is 11.8 Å². The summed E-state index contributed by atoms with van der Waals surface area (Å²) < 4.78 is 6.60. The van der Waals surface area contributed by atoms with E-state index in [4.69, 9.17) is 4.42 Å². The Labute approximate surface area is 154 Å². The maximum Gasteiger partial charge on any atom is 0.420 e. The van der Waals surface area contributed by atoms with E-state index in [-0.39, 0.29) is 12.5 Å². The van der Waals surface area contributed by atoms with E-state index < -0.39 is 5.76 Å². The SMILES string of the molecule is Cc1ccc2oc(=O)n(CC(=O)NCCCN3CC(C)CC(C)C3)c2c1. The molecule has 1 aromatic heterocycles. The zero-order valence-corrected chi connectivity index (χ0v) is 16.0. The number of nitrogens with zero attached hydrogens (tertiary/aromatic N) is 2. The number of carbonyl (C=O) groups excluding carboxylic acids is 1. The molecule has 0 saturated carbocycles. The Hall–Kier alpha value is -2.08. The Morgan fingerprint density at radius 1 is 1.27 bits per heavy atom. The van der Waals surface area contributed by atoms with Crippen LogP contribution in [-0.4, -0.2) is 41.6 Å². The van der Waals surface area contributed by atoms with E-state index in [0.29, 0.717) is 17.6 Å². The maximum atomic E-state index is 12.2. The van der Waals surface area contributed by atoms with Gasteiger partial charge in [-0.15, -0.1) is 0 Å². The number of fused-ring (bicyclic) bond motifs is 1. The molecule has 1 amide bonds. The van der Waals surface area contributed by atoms with Gasteiger partial charge in [0.2, 0.25) is 5.91 Å². The Kier molecular flexibility index (Phi) is 5.81. The van der Waals surface area contributed by atoms with E-state index in [1.165, 1.54) is 11.0 Å². The second-order valence-corrected chi connectivity index (χ2v) is 7.83. The van der Waals surface area contributed by atoms with Crippen molar-refractivity contribution in [3.63, 3.8) is 0 Å². The lowest BCUT2D eigenvalue weighted by Gasteiger charge is -2.34. The average Bonchev–Trinajstić information content (AvgIpc) is 2.86. The van der Waals surface area contributed by atoms with Crippen LogP contribution in [0.2, 0.25) is 0 Å². The fourth-order valence-electron chi connectivity index (χ4n) is 4.03. The number of aromatic nitrogens is 1. The molecule has 2 unspecified atom stereocenters. The van der Waals surface area contributed by atoms with Crippen LogP contribution in [0.5, 0.6) is 0 Å². The van der Waals surface area contributed by atoms with Crippen LogP contribution in [0.4, 0.5) is 0 Å². The van der Waals surface area contributed by atoms with Gasteiger partial charge in [0.05, 0.1) is 5.52 Å². The van der Waals surface area contributed by atoms with Crippen molar-refractivity contribution in [3.05, 3.63) is 34.3 Å². The van der Waals surface area contributed by atoms with Crippen molar-refractivity contribution in [1.82, 2.24) is 14.8 Å². The number of benzene rings is 1. The van der Waals surface area contributed by atoms with Crippen molar-refractivity contribution >= 4 is 17.0 Å². The highest BCUT2D eigenvalue weighted by atomic mass is 16.4. The fraction of sp³-hybridized carbons (Fsp3) is 0.600. The number of hydrogen-bond acceptors (Lipinski definition) is 4. The van der Waals surface area contributed by atoms with Crippen molar-refractivity contribution in [1.29, 1.82) is 0 Å². The van der Waals surface area contributed by atoms with Gasteiger partial charge in [0, 0.05) is 19.6 Å². The molecule has 0 spiro atoms. The van der Waals surface area contributed by atoms with E-state index in [2.05, 4.69) is 24.1 Å². The van der Waals surface area contributed by atoms with Gasteiger partial charge >= 0.3 is 5.76 Å². The van der Waals surface area contributed by atoms with E-state index in [1.807, 2.05) is 19.1 Å². The molecule has 6 nitrogen and oxygen atoms in total. The van der Waals surface area contributed by atoms with Gasteiger partial charge in [0.15, 0.2) is 5.58 Å². The minimum Gasteiger partial charge on any atom is -0.408 e. The molecule has 1 aliphatic heterocycles. The number of aryl methyl sites for hydroxylation is 1. The third kappa shape index (κ3) is 4.55. The fourth-order valence-corrected chi connectivity index (χ4v) is 4.03. The lowest BCUT2D eigenvalue weighted by molar-refractivity contribution is -0.121. The average molecular weight is 359 g/mol. The van der Waals surface area contributed by atoms with Crippen molar-refractivity contribution < 1.29 is 9.21 Å². The Balaban J connectivity index is 1.48. The van der Waals surface area contributed by atoms with Crippen LogP contribution in [0.3, 0.4) is 0 Å². The van der Waals surface area contributed by atoms with Crippen molar-refractivity contribution in [3.8, 4) is 0 Å². The molecule has 6 heteroatoms. The quantitative estimate of drug-likeness (QED) is 0.804. The van der Waals surface area contributed by atoms with Crippen LogP contribution >= 0.6 is 0 Å². The lowest BCUT2D eigenvalue weighted by atomic mass is 9.92. The molecule has 1 saturated heterocycles. The number of nitrogens with one attached hydrogen (secondary N) is 1. The van der Waals surface area contributed by atoms with Gasteiger partial charge in [-0.3, -0.25) is 9.36 Å². The number of hydrogen-bond donors (Lipinski definition) is 1. The normalized spacial score (nSPS) is 21.2. The Morgan fingerprint density at radius 2 is 2.00 bits per heavy atom. The number of carbonyl (C=O) groups is 1. The summed E-state index contributed by atoms with van der Waals surface area (Å²) in [5, 5.41) is 2.92. The van der Waals surface area contributed by atoms with Gasteiger partial charge in [0.25, 0.3) is 0 Å². The molecule has 1 N–H and O–H groups in total. The molecule has 0 bridgehead atoms. The standard InChI is InChI=1S/C20H29N3O3/c1-14-5-6-18-17(10-14)23(20(25)26-18)13-19(24)21-7-4-8-22-11-15(2)9-16(3)12-22/h5-6,10,15-16H,4,7-9,11-13H2,1-3H3,(H,21,24). The molecular formula is C20H29N3O3. The van der Waals surface area contributed by atoms with Crippen LogP contribution in [0.25, 0.3) is 11.1 Å². The second kappa shape index (κ2) is 8.08. The molecule has 1 fully saturated rings. The summed E-state index contributed by atoms with van der Waals surface area (Å²) in [6.45, 7) is 10.5. The third-order valence-corrected chi connectivity index (χ3v) is 5.04. The number of likely N-dealkylation sites (tertiary alicyclic amines) is 1. The Bertz CT molecular complexity index is 813. The predicted molar refractivity (Wildman–Crippen MR) is 102 cm³/mol. The molecule has 26 heavy (non-hydrogen) atoms. The number of piperidine rings is 1. The largest absolute Gasteiger partial charge is 0.420 e. The number of amides is 1. The summed E-state index contributed by atoms with van der Waals surface area (Å²) in [6, 6.07) is 5.52. The monoisotopic (exact) mass is 359 g/mol. The van der Waals surface area contributed by atoms with E-state index in [9.17, 15) is 9.59 Å². The molecule has 2 aromatic rings. The van der Waals surface area contributed by atoms with E-state index >= 15 is 0 Å². The molecular weight excluding hydrogens is 330 g/mol. The van der Waals surface area contributed by atoms with Gasteiger partial charge in [-0.1, -0.05) is 19.9 Å². The first-order chi connectivity index (χ1) is 12.4. The first-order valence-electron chi connectivity index (χ1n) is 9.51. The van der Waals surface area contributed by atoms with Gasteiger partial charge < -0.3 is 14.6 Å². The highest BCUT2D eigenvalue weighted by Crippen LogP contribution is 2.20. The minimum atomic E-state index is -0.489. The van der Waals surface area contributed by atoms with Crippen molar-refractivity contribution in [2.75, 3.05) is 26.2 Å². The summed E-state index contributed by atoms with van der Waals surface area (Å²) in [6.07, 6.45) is 2.23. The molecule has 3 rings (SSSR count). The summed E-state index contributed by atoms with van der Waals surface area (Å²) in [5.41, 5.74) is 2.21. The van der Waals surface area contributed by atoms with Crippen LogP contribution in [0.1, 0.15) is 32.3 Å². The zero-order chi connectivity index (χ0) is 18.7. The summed E-state index contributed by atoms with van der Waals surface area (Å²) in [5.74, 6) is 0.852. The third-order valence-electron chi connectivity index (χ3n) is 5.04. The van der Waals surface area contributed by atoms with Crippen LogP contribution in [-0.2, 0) is 11.3 Å². The predicted octanol–water partition coefficient (Wildman–Crippen LogP) is 2.39. The molecule has 1 aliphatic rings. The van der Waals surface area contributed by atoms with Crippen LogP contribution in [0, 0.1) is 18.8 Å². The summed E-state index contributed by atoms with van der Waals surface area (Å²) in [7, 11) is 0. The molecule has 0 aliphatic carbocycles. The molecule has 142 valence electrons. The van der Waals surface area contributed by atoms with Crippen molar-refractivity contribution in [2.45, 2.75) is 40.2 Å². The molecule has 2 atom stereocenters. The maximum absolute atomic E-state index is 12.2. The first kappa shape index (κ1) is 18.7. The summed E-state index contributed by atoms with van der Waals surface area (Å²) in [4.78, 5) is 26.7. The smallest absolute Gasteiger partial charge is 0.408 e. The highest BCUT2D eigenvalue weighted by Gasteiger charge is 2.21. The highest BCUT2D eigenvalue weighted by molar-refractivity contribution is 5.79. The molecule has 1 aromatic carbocycles. The van der Waals surface area contributed by atoms with Gasteiger partial charge in [-0.05, 0) is 55.8 Å². The van der Waals surface area contributed by atoms with E-state index in [1.54, 1.807) is 6.07 Å². The number of rotatable bonds is 6. The lowest BCUT2D eigenvalue weighted by Crippen LogP contribution is -2.40. The van der Waals surface area contributed by atoms with Gasteiger partial charge in [0.1, 0.15) is 6.54 Å². The molecule has 0 radical (unpaired) electrons. The number of oxazole rings is 1. The van der Waals surface area contributed by atoms with Gasteiger partial charge in [-0.25, -0.2) is 4.79 Å². The minimum absolute atomic E-state index is 0.00688. The molecule has 2 heterocycles. The van der Waals surface area contributed by atoms with Crippen LogP contribution in [0.15, 0.2) is 27.4 Å². The van der Waals surface area contributed by atoms with Crippen LogP contribution < -0.4 is 11.1 Å². The first-order valence-corrected chi connectivity index (χ1v) is 9.51. The van der Waals surface area contributed by atoms with E-state index in [0.717, 1.165) is 43.5 Å². The topological polar surface area (TPSA) is 67.5 Å².